The van der Waals surface area contributed by atoms with Crippen molar-refractivity contribution in [3.8, 4) is 0 Å². The number of likely N-dealkylation sites (tertiary alicyclic amines) is 1. The van der Waals surface area contributed by atoms with Gasteiger partial charge in [-0.05, 0) is 18.9 Å². The number of nitrogens with one attached hydrogen (secondary N) is 1. The normalized spacial score (nSPS) is 14.8. The molecule has 1 aliphatic heterocycles. The Morgan fingerprint density at radius 3 is 2.79 bits per heavy atom. The van der Waals surface area contributed by atoms with Gasteiger partial charge >= 0.3 is 5.88 Å². The Morgan fingerprint density at radius 1 is 1.42 bits per heavy atom. The van der Waals surface area contributed by atoms with Crippen molar-refractivity contribution in [1.29, 1.82) is 0 Å². The first-order valence-electron chi connectivity index (χ1n) is 6.38. The zero-order valence-corrected chi connectivity index (χ0v) is 10.6. The second kappa shape index (κ2) is 6.33. The largest absolute Gasteiger partial charge is 0.433 e. The molecule has 2 rings (SSSR count). The van der Waals surface area contributed by atoms with E-state index in [1.165, 1.54) is 6.07 Å². The van der Waals surface area contributed by atoms with Crippen LogP contribution in [0.25, 0.3) is 0 Å². The number of rotatable bonds is 6. The molecule has 1 fully saturated rings. The summed E-state index contributed by atoms with van der Waals surface area (Å²) < 4.78 is 4.99. The van der Waals surface area contributed by atoms with Crippen molar-refractivity contribution in [3.05, 3.63) is 28.0 Å². The van der Waals surface area contributed by atoms with Crippen molar-refractivity contribution >= 4 is 11.8 Å². The monoisotopic (exact) mass is 267 g/mol. The van der Waals surface area contributed by atoms with Gasteiger partial charge in [0.2, 0.25) is 5.91 Å². The third-order valence-electron chi connectivity index (χ3n) is 3.10. The van der Waals surface area contributed by atoms with Gasteiger partial charge in [0, 0.05) is 26.1 Å². The average molecular weight is 267 g/mol. The molecule has 1 N–H and O–H groups in total. The Morgan fingerprint density at radius 2 is 2.16 bits per heavy atom. The summed E-state index contributed by atoms with van der Waals surface area (Å²) in [7, 11) is 0. The van der Waals surface area contributed by atoms with Crippen LogP contribution < -0.4 is 5.32 Å². The maximum absolute atomic E-state index is 11.7. The number of hydrogen-bond donors (Lipinski definition) is 1. The fourth-order valence-corrected chi connectivity index (χ4v) is 2.09. The third kappa shape index (κ3) is 3.78. The molecule has 0 aliphatic carbocycles. The number of carbonyl (C=O) groups is 1. The Balaban J connectivity index is 1.65. The van der Waals surface area contributed by atoms with Crippen LogP contribution in [0.1, 0.15) is 25.0 Å². The van der Waals surface area contributed by atoms with Gasteiger partial charge < -0.3 is 14.6 Å². The zero-order chi connectivity index (χ0) is 13.7. The lowest BCUT2D eigenvalue weighted by Crippen LogP contribution is -2.30. The van der Waals surface area contributed by atoms with E-state index in [-0.39, 0.29) is 11.8 Å². The van der Waals surface area contributed by atoms with Gasteiger partial charge in [0.1, 0.15) is 10.7 Å². The Kier molecular flexibility index (Phi) is 4.51. The van der Waals surface area contributed by atoms with Crippen molar-refractivity contribution in [1.82, 2.24) is 10.2 Å². The summed E-state index contributed by atoms with van der Waals surface area (Å²) in [5, 5.41) is 13.5. The first-order chi connectivity index (χ1) is 9.16. The zero-order valence-electron chi connectivity index (χ0n) is 10.6. The molecule has 0 aromatic carbocycles. The van der Waals surface area contributed by atoms with Crippen LogP contribution in [0.15, 0.2) is 16.5 Å². The molecule has 0 unspecified atom stereocenters. The van der Waals surface area contributed by atoms with Crippen LogP contribution >= 0.6 is 0 Å². The maximum atomic E-state index is 11.7. The molecule has 2 heterocycles. The fraction of sp³-hybridized carbons (Fsp3) is 0.583. The van der Waals surface area contributed by atoms with Gasteiger partial charge in [-0.2, -0.15) is 0 Å². The second-order valence-corrected chi connectivity index (χ2v) is 4.51. The topological polar surface area (TPSA) is 88.6 Å². The number of nitro groups is 1. The van der Waals surface area contributed by atoms with Gasteiger partial charge in [0.05, 0.1) is 12.6 Å². The van der Waals surface area contributed by atoms with E-state index in [1.54, 1.807) is 6.07 Å². The fourth-order valence-electron chi connectivity index (χ4n) is 2.09. The highest BCUT2D eigenvalue weighted by Gasteiger charge is 2.17. The van der Waals surface area contributed by atoms with E-state index >= 15 is 0 Å². The summed E-state index contributed by atoms with van der Waals surface area (Å²) in [4.78, 5) is 23.5. The van der Waals surface area contributed by atoms with Crippen LogP contribution in [0.5, 0.6) is 0 Å². The highest BCUT2D eigenvalue weighted by atomic mass is 16.6. The van der Waals surface area contributed by atoms with Crippen LogP contribution in [-0.4, -0.2) is 35.4 Å². The van der Waals surface area contributed by atoms with Crippen molar-refractivity contribution < 1.29 is 14.1 Å². The standard InChI is InChI=1S/C12H17N3O4/c16-11(14-7-1-2-8-14)5-6-13-9-10-3-4-12(19-10)15(17)18/h3-4,13H,1-2,5-9H2. The summed E-state index contributed by atoms with van der Waals surface area (Å²) >= 11 is 0. The highest BCUT2D eigenvalue weighted by Crippen LogP contribution is 2.15. The van der Waals surface area contributed by atoms with Crippen LogP contribution in [-0.2, 0) is 11.3 Å². The molecule has 1 aromatic rings. The van der Waals surface area contributed by atoms with E-state index in [4.69, 9.17) is 4.42 Å². The molecule has 1 amide bonds. The lowest BCUT2D eigenvalue weighted by Gasteiger charge is -2.14. The number of furan rings is 1. The number of carbonyl (C=O) groups excluding carboxylic acids is 1. The predicted octanol–water partition coefficient (Wildman–Crippen LogP) is 1.29. The summed E-state index contributed by atoms with van der Waals surface area (Å²) in [6.07, 6.45) is 2.63. The molecule has 1 aliphatic rings. The molecule has 1 saturated heterocycles. The Labute approximate surface area is 110 Å². The van der Waals surface area contributed by atoms with Crippen LogP contribution in [0.3, 0.4) is 0 Å². The van der Waals surface area contributed by atoms with E-state index < -0.39 is 4.92 Å². The van der Waals surface area contributed by atoms with Crippen molar-refractivity contribution in [2.24, 2.45) is 0 Å². The molecule has 0 atom stereocenters. The van der Waals surface area contributed by atoms with Crippen LogP contribution in [0, 0.1) is 10.1 Å². The van der Waals surface area contributed by atoms with E-state index in [2.05, 4.69) is 5.32 Å². The number of hydrogen-bond acceptors (Lipinski definition) is 5. The van der Waals surface area contributed by atoms with Gasteiger partial charge in [-0.15, -0.1) is 0 Å². The van der Waals surface area contributed by atoms with Crippen LogP contribution in [0.2, 0.25) is 0 Å². The predicted molar refractivity (Wildman–Crippen MR) is 67.5 cm³/mol. The molecule has 104 valence electrons. The SMILES string of the molecule is O=C(CCNCc1ccc([N+](=O)[O-])o1)N1CCCC1. The van der Waals surface area contributed by atoms with Gasteiger partial charge in [0.15, 0.2) is 0 Å². The minimum Gasteiger partial charge on any atom is -0.404 e. The molecular formula is C12H17N3O4. The van der Waals surface area contributed by atoms with Gasteiger partial charge in [-0.3, -0.25) is 14.9 Å². The number of amides is 1. The van der Waals surface area contributed by atoms with Gasteiger partial charge in [0.25, 0.3) is 0 Å². The van der Waals surface area contributed by atoms with E-state index in [9.17, 15) is 14.9 Å². The van der Waals surface area contributed by atoms with Crippen molar-refractivity contribution in [3.63, 3.8) is 0 Å². The lowest BCUT2D eigenvalue weighted by atomic mass is 10.3. The van der Waals surface area contributed by atoms with Crippen molar-refractivity contribution in [2.45, 2.75) is 25.8 Å². The Hall–Kier alpha value is -1.89. The average Bonchev–Trinajstić information content (AvgIpc) is 3.05. The first-order valence-corrected chi connectivity index (χ1v) is 6.38. The van der Waals surface area contributed by atoms with Crippen molar-refractivity contribution in [2.75, 3.05) is 19.6 Å². The molecule has 0 bridgehead atoms. The summed E-state index contributed by atoms with van der Waals surface area (Å²) in [5.41, 5.74) is 0. The van der Waals surface area contributed by atoms with Gasteiger partial charge in [-0.1, -0.05) is 0 Å². The lowest BCUT2D eigenvalue weighted by molar-refractivity contribution is -0.402. The molecule has 19 heavy (non-hydrogen) atoms. The highest BCUT2D eigenvalue weighted by molar-refractivity contribution is 5.76. The molecule has 7 heteroatoms. The van der Waals surface area contributed by atoms with E-state index in [0.29, 0.717) is 25.3 Å². The molecule has 0 spiro atoms. The Bertz CT molecular complexity index is 452. The van der Waals surface area contributed by atoms with E-state index in [0.717, 1.165) is 25.9 Å². The van der Waals surface area contributed by atoms with Crippen LogP contribution in [0.4, 0.5) is 5.88 Å². The number of nitrogens with zero attached hydrogens (tertiary/aromatic N) is 2. The summed E-state index contributed by atoms with van der Waals surface area (Å²) in [5.74, 6) is 0.403. The quantitative estimate of drug-likeness (QED) is 0.476. The first kappa shape index (κ1) is 13.5. The van der Waals surface area contributed by atoms with Gasteiger partial charge in [-0.25, -0.2) is 0 Å². The smallest absolute Gasteiger partial charge is 0.404 e. The summed E-state index contributed by atoms with van der Waals surface area (Å²) in [6.45, 7) is 2.66. The molecule has 7 nitrogen and oxygen atoms in total. The second-order valence-electron chi connectivity index (χ2n) is 4.51. The third-order valence-corrected chi connectivity index (χ3v) is 3.10. The van der Waals surface area contributed by atoms with E-state index in [1.807, 2.05) is 4.90 Å². The minimum absolute atomic E-state index is 0.162. The maximum Gasteiger partial charge on any atom is 0.433 e. The molecular weight excluding hydrogens is 250 g/mol. The molecule has 0 saturated carbocycles. The molecule has 0 radical (unpaired) electrons. The summed E-state index contributed by atoms with van der Waals surface area (Å²) in [6, 6.07) is 2.89. The minimum atomic E-state index is -0.569. The molecule has 1 aromatic heterocycles.